The Kier molecular flexibility index (Phi) is 4.10. The number of hydrogen-bond donors (Lipinski definition) is 2. The van der Waals surface area contributed by atoms with Gasteiger partial charge in [0.05, 0.1) is 6.04 Å². The highest BCUT2D eigenvalue weighted by Gasteiger charge is 2.09. The molecule has 0 aromatic heterocycles. The van der Waals surface area contributed by atoms with Gasteiger partial charge < -0.3 is 9.90 Å². The van der Waals surface area contributed by atoms with Crippen molar-refractivity contribution in [3.05, 3.63) is 65.7 Å². The van der Waals surface area contributed by atoms with Crippen molar-refractivity contribution in [3.63, 3.8) is 0 Å². The number of rotatable bonds is 5. The van der Waals surface area contributed by atoms with Crippen molar-refractivity contribution >= 4 is 6.29 Å². The molecule has 1 atom stereocenters. The summed E-state index contributed by atoms with van der Waals surface area (Å²) in [5.41, 5.74) is 1.97. The van der Waals surface area contributed by atoms with E-state index in [1.807, 2.05) is 30.3 Å². The van der Waals surface area contributed by atoms with Gasteiger partial charge in [0.2, 0.25) is 0 Å². The molecule has 0 saturated carbocycles. The van der Waals surface area contributed by atoms with Crippen LogP contribution in [0.15, 0.2) is 54.6 Å². The molecule has 0 aliphatic rings. The van der Waals surface area contributed by atoms with Gasteiger partial charge in [-0.15, -0.1) is 0 Å². The van der Waals surface area contributed by atoms with Crippen LogP contribution in [0.3, 0.4) is 0 Å². The molecule has 18 heavy (non-hydrogen) atoms. The predicted octanol–water partition coefficient (Wildman–Crippen LogP) is 2.42. The summed E-state index contributed by atoms with van der Waals surface area (Å²) >= 11 is 0. The average molecular weight is 241 g/mol. The largest absolute Gasteiger partial charge is 0.508 e. The van der Waals surface area contributed by atoms with Gasteiger partial charge in [0.15, 0.2) is 0 Å². The van der Waals surface area contributed by atoms with E-state index in [0.29, 0.717) is 6.54 Å². The van der Waals surface area contributed by atoms with Gasteiger partial charge in [0.25, 0.3) is 0 Å². The van der Waals surface area contributed by atoms with Gasteiger partial charge >= 0.3 is 0 Å². The molecule has 2 N–H and O–H groups in total. The number of benzene rings is 2. The van der Waals surface area contributed by atoms with E-state index in [2.05, 4.69) is 5.32 Å². The second-order valence-electron chi connectivity index (χ2n) is 4.07. The van der Waals surface area contributed by atoms with Crippen molar-refractivity contribution < 1.29 is 9.90 Å². The van der Waals surface area contributed by atoms with Crippen LogP contribution >= 0.6 is 0 Å². The summed E-state index contributed by atoms with van der Waals surface area (Å²) in [4.78, 5) is 11.1. The molecule has 2 aromatic carbocycles. The highest BCUT2D eigenvalue weighted by Crippen LogP contribution is 2.15. The minimum absolute atomic E-state index is 0.200. The molecule has 0 aliphatic heterocycles. The number of nitrogens with one attached hydrogen (secondary N) is 1. The lowest BCUT2D eigenvalue weighted by molar-refractivity contribution is -0.109. The van der Waals surface area contributed by atoms with Crippen LogP contribution in [-0.4, -0.2) is 11.4 Å². The molecular formula is C15H15NO2. The second kappa shape index (κ2) is 5.98. The Bertz CT molecular complexity index is 494. The number of phenols is 1. The van der Waals surface area contributed by atoms with E-state index < -0.39 is 0 Å². The number of carbonyl (C=O) groups excluding carboxylic acids is 1. The van der Waals surface area contributed by atoms with Crippen molar-refractivity contribution in [2.24, 2.45) is 0 Å². The third-order valence-electron chi connectivity index (χ3n) is 2.76. The van der Waals surface area contributed by atoms with E-state index in [0.717, 1.165) is 17.4 Å². The zero-order chi connectivity index (χ0) is 12.8. The van der Waals surface area contributed by atoms with E-state index in [1.54, 1.807) is 24.3 Å². The van der Waals surface area contributed by atoms with Crippen molar-refractivity contribution in [1.29, 1.82) is 0 Å². The molecule has 0 radical (unpaired) electrons. The number of aromatic hydroxyl groups is 1. The average Bonchev–Trinajstić information content (AvgIpc) is 2.42. The first-order chi connectivity index (χ1) is 8.79. The van der Waals surface area contributed by atoms with Crippen molar-refractivity contribution in [2.45, 2.75) is 12.6 Å². The zero-order valence-electron chi connectivity index (χ0n) is 9.91. The second-order valence-corrected chi connectivity index (χ2v) is 4.07. The molecule has 1 unspecified atom stereocenters. The Hall–Kier alpha value is -2.13. The number of phenolic OH excluding ortho intramolecular Hbond substituents is 1. The van der Waals surface area contributed by atoms with Gasteiger partial charge in [0.1, 0.15) is 12.0 Å². The monoisotopic (exact) mass is 241 g/mol. The van der Waals surface area contributed by atoms with Gasteiger partial charge in [-0.1, -0.05) is 42.5 Å². The first kappa shape index (κ1) is 12.3. The maximum absolute atomic E-state index is 11.1. The van der Waals surface area contributed by atoms with Gasteiger partial charge in [-0.05, 0) is 23.3 Å². The summed E-state index contributed by atoms with van der Waals surface area (Å²) < 4.78 is 0. The Morgan fingerprint density at radius 1 is 1.06 bits per heavy atom. The predicted molar refractivity (Wildman–Crippen MR) is 70.2 cm³/mol. The molecule has 0 saturated heterocycles. The summed E-state index contributed by atoms with van der Waals surface area (Å²) in [6.07, 6.45) is 0.870. The third-order valence-corrected chi connectivity index (χ3v) is 2.76. The number of aldehydes is 1. The Balaban J connectivity index is 2.02. The molecule has 3 nitrogen and oxygen atoms in total. The summed E-state index contributed by atoms with van der Waals surface area (Å²) in [5, 5.41) is 12.4. The molecule has 92 valence electrons. The highest BCUT2D eigenvalue weighted by atomic mass is 16.3. The fraction of sp³-hybridized carbons (Fsp3) is 0.133. The lowest BCUT2D eigenvalue weighted by Gasteiger charge is -2.13. The molecule has 3 heteroatoms. The van der Waals surface area contributed by atoms with Crippen LogP contribution in [0.4, 0.5) is 0 Å². The van der Waals surface area contributed by atoms with E-state index in [4.69, 9.17) is 0 Å². The molecule has 0 spiro atoms. The SMILES string of the molecule is O=CC(NCc1ccccc1)c1ccc(O)cc1. The Morgan fingerprint density at radius 3 is 2.33 bits per heavy atom. The fourth-order valence-corrected chi connectivity index (χ4v) is 1.75. The van der Waals surface area contributed by atoms with Crippen LogP contribution in [0.5, 0.6) is 5.75 Å². The molecule has 0 bridgehead atoms. The van der Waals surface area contributed by atoms with Crippen molar-refractivity contribution in [3.8, 4) is 5.75 Å². The number of carbonyl (C=O) groups is 1. The molecular weight excluding hydrogens is 226 g/mol. The molecule has 0 fully saturated rings. The molecule has 2 rings (SSSR count). The standard InChI is InChI=1S/C15H15NO2/c17-11-15(13-6-8-14(18)9-7-13)16-10-12-4-2-1-3-5-12/h1-9,11,15-16,18H,10H2. The zero-order valence-corrected chi connectivity index (χ0v) is 9.91. The van der Waals surface area contributed by atoms with Crippen LogP contribution in [0, 0.1) is 0 Å². The Morgan fingerprint density at radius 2 is 1.72 bits per heavy atom. The number of hydrogen-bond acceptors (Lipinski definition) is 3. The summed E-state index contributed by atoms with van der Waals surface area (Å²) in [6.45, 7) is 0.630. The highest BCUT2D eigenvalue weighted by molar-refractivity contribution is 5.61. The fourth-order valence-electron chi connectivity index (χ4n) is 1.75. The summed E-state index contributed by atoms with van der Waals surface area (Å²) in [7, 11) is 0. The maximum atomic E-state index is 11.1. The van der Waals surface area contributed by atoms with E-state index in [-0.39, 0.29) is 11.8 Å². The van der Waals surface area contributed by atoms with Crippen molar-refractivity contribution in [2.75, 3.05) is 0 Å². The first-order valence-corrected chi connectivity index (χ1v) is 5.81. The summed E-state index contributed by atoms with van der Waals surface area (Å²) in [5.74, 6) is 0.200. The van der Waals surface area contributed by atoms with Crippen LogP contribution in [0.2, 0.25) is 0 Å². The van der Waals surface area contributed by atoms with Crippen LogP contribution in [-0.2, 0) is 11.3 Å². The van der Waals surface area contributed by atoms with Gasteiger partial charge in [-0.3, -0.25) is 5.32 Å². The van der Waals surface area contributed by atoms with Crippen molar-refractivity contribution in [1.82, 2.24) is 5.32 Å². The minimum Gasteiger partial charge on any atom is -0.508 e. The third kappa shape index (κ3) is 3.18. The molecule has 0 amide bonds. The first-order valence-electron chi connectivity index (χ1n) is 5.81. The van der Waals surface area contributed by atoms with Crippen LogP contribution in [0.25, 0.3) is 0 Å². The maximum Gasteiger partial charge on any atom is 0.141 e. The molecule has 0 aliphatic carbocycles. The topological polar surface area (TPSA) is 49.3 Å². The lowest BCUT2D eigenvalue weighted by Crippen LogP contribution is -2.21. The van der Waals surface area contributed by atoms with E-state index in [1.165, 1.54) is 0 Å². The normalized spacial score (nSPS) is 12.0. The quantitative estimate of drug-likeness (QED) is 0.790. The van der Waals surface area contributed by atoms with Crippen LogP contribution in [0.1, 0.15) is 17.2 Å². The van der Waals surface area contributed by atoms with E-state index in [9.17, 15) is 9.90 Å². The van der Waals surface area contributed by atoms with Gasteiger partial charge in [-0.2, -0.15) is 0 Å². The van der Waals surface area contributed by atoms with Gasteiger partial charge in [0, 0.05) is 6.54 Å². The minimum atomic E-state index is -0.356. The van der Waals surface area contributed by atoms with E-state index >= 15 is 0 Å². The Labute approximate surface area is 106 Å². The molecule has 2 aromatic rings. The smallest absolute Gasteiger partial charge is 0.141 e. The summed E-state index contributed by atoms with van der Waals surface area (Å²) in [6, 6.07) is 16.2. The lowest BCUT2D eigenvalue weighted by atomic mass is 10.1. The van der Waals surface area contributed by atoms with Gasteiger partial charge in [-0.25, -0.2) is 0 Å². The van der Waals surface area contributed by atoms with Crippen LogP contribution < -0.4 is 5.32 Å². The molecule has 0 heterocycles.